The van der Waals surface area contributed by atoms with Crippen LogP contribution < -0.4 is 21.3 Å². The third-order valence-corrected chi connectivity index (χ3v) is 13.1. The summed E-state index contributed by atoms with van der Waals surface area (Å²) in [7, 11) is 0. The Bertz CT molecular complexity index is 3690. The molecule has 0 spiro atoms. The summed E-state index contributed by atoms with van der Waals surface area (Å²) >= 11 is 0. The standard InChI is InChI=1S/C54H33BN4/c1-4-17-34(18-5-1)56(35-19-6-2-7-20-35)37-31-41-38-23-11-14-27-46(38)58-48-29-16-30-49-51(48)55(43(32-37)52(41)58)44-33-42-39-24-10-13-26-45(39)57(36-21-8-3-9-22-36)53(42)50-40-25-12-15-28-47(40)59(49)54(44)50/h1-33H. The minimum Gasteiger partial charge on any atom is -0.311 e. The molecular weight excluding hydrogens is 715 g/mol. The van der Waals surface area contributed by atoms with E-state index in [-0.39, 0.29) is 6.71 Å². The number of hydrogen-bond acceptors (Lipinski definition) is 1. The molecular formula is C54H33BN4. The molecule has 9 aromatic carbocycles. The lowest BCUT2D eigenvalue weighted by Gasteiger charge is -2.34. The number of hydrogen-bond donors (Lipinski definition) is 0. The summed E-state index contributed by atoms with van der Waals surface area (Å²) in [5.41, 5.74) is 18.6. The number of anilines is 3. The number of para-hydroxylation sites is 6. The quantitative estimate of drug-likeness (QED) is 0.164. The van der Waals surface area contributed by atoms with Gasteiger partial charge in [-0.05, 0) is 95.3 Å². The van der Waals surface area contributed by atoms with Crippen molar-refractivity contribution in [1.29, 1.82) is 0 Å². The predicted octanol–water partition coefficient (Wildman–Crippen LogP) is 11.6. The van der Waals surface area contributed by atoms with Crippen LogP contribution >= 0.6 is 0 Å². The fraction of sp³-hybridized carbons (Fsp3) is 0. The minimum atomic E-state index is -0.0172. The molecule has 14 rings (SSSR count). The Morgan fingerprint density at radius 1 is 0.339 bits per heavy atom. The molecule has 3 aromatic heterocycles. The molecule has 0 radical (unpaired) electrons. The summed E-state index contributed by atoms with van der Waals surface area (Å²) in [6, 6.07) is 74.0. The van der Waals surface area contributed by atoms with E-state index in [2.05, 4.69) is 219 Å². The second kappa shape index (κ2) is 11.4. The molecule has 5 heteroatoms. The van der Waals surface area contributed by atoms with E-state index in [0.29, 0.717) is 0 Å². The van der Waals surface area contributed by atoms with E-state index in [1.165, 1.54) is 98.9 Å². The molecule has 272 valence electrons. The van der Waals surface area contributed by atoms with Crippen LogP contribution in [0, 0.1) is 0 Å². The molecule has 0 bridgehead atoms. The fourth-order valence-electron chi connectivity index (χ4n) is 11.0. The Labute approximate surface area is 340 Å². The first-order valence-electron chi connectivity index (χ1n) is 20.5. The maximum atomic E-state index is 2.58. The number of aromatic nitrogens is 3. The van der Waals surface area contributed by atoms with Gasteiger partial charge in [0.25, 0.3) is 6.71 Å². The van der Waals surface area contributed by atoms with Crippen LogP contribution in [0.2, 0.25) is 0 Å². The van der Waals surface area contributed by atoms with Crippen LogP contribution in [0.3, 0.4) is 0 Å². The summed E-state index contributed by atoms with van der Waals surface area (Å²) in [6.07, 6.45) is 0. The van der Waals surface area contributed by atoms with Gasteiger partial charge in [-0.2, -0.15) is 0 Å². The first-order valence-corrected chi connectivity index (χ1v) is 20.5. The third-order valence-electron chi connectivity index (χ3n) is 13.1. The molecule has 0 N–H and O–H groups in total. The average molecular weight is 749 g/mol. The highest BCUT2D eigenvalue weighted by Crippen LogP contribution is 2.45. The van der Waals surface area contributed by atoms with Gasteiger partial charge in [0.1, 0.15) is 0 Å². The summed E-state index contributed by atoms with van der Waals surface area (Å²) in [4.78, 5) is 2.43. The molecule has 0 atom stereocenters. The molecule has 2 aliphatic heterocycles. The summed E-state index contributed by atoms with van der Waals surface area (Å²) in [6.45, 7) is -0.0172. The van der Waals surface area contributed by atoms with Crippen LogP contribution in [-0.2, 0) is 0 Å². The van der Waals surface area contributed by atoms with Crippen molar-refractivity contribution in [3.8, 4) is 17.1 Å². The molecule has 2 aliphatic rings. The normalized spacial score (nSPS) is 12.7. The highest BCUT2D eigenvalue weighted by Gasteiger charge is 2.42. The molecule has 0 unspecified atom stereocenters. The molecule has 5 heterocycles. The Morgan fingerprint density at radius 2 is 0.831 bits per heavy atom. The second-order valence-electron chi connectivity index (χ2n) is 16.1. The van der Waals surface area contributed by atoms with Gasteiger partial charge in [-0.1, -0.05) is 121 Å². The lowest BCUT2D eigenvalue weighted by atomic mass is 9.34. The van der Waals surface area contributed by atoms with E-state index in [1.54, 1.807) is 0 Å². The minimum absolute atomic E-state index is 0.0172. The zero-order valence-corrected chi connectivity index (χ0v) is 31.9. The highest BCUT2D eigenvalue weighted by molar-refractivity contribution is 7.00. The van der Waals surface area contributed by atoms with E-state index in [4.69, 9.17) is 0 Å². The Morgan fingerprint density at radius 3 is 1.47 bits per heavy atom. The summed E-state index contributed by atoms with van der Waals surface area (Å²) in [5.74, 6) is 0. The molecule has 4 nitrogen and oxygen atoms in total. The van der Waals surface area contributed by atoms with Crippen molar-refractivity contribution in [3.63, 3.8) is 0 Å². The maximum absolute atomic E-state index is 2.58. The van der Waals surface area contributed by atoms with Crippen LogP contribution in [0.1, 0.15) is 0 Å². The smallest absolute Gasteiger partial charge is 0.252 e. The van der Waals surface area contributed by atoms with Crippen LogP contribution in [0.4, 0.5) is 17.1 Å². The molecule has 12 aromatic rings. The van der Waals surface area contributed by atoms with Crippen LogP contribution in [0.5, 0.6) is 0 Å². The molecule has 0 fully saturated rings. The zero-order chi connectivity index (χ0) is 38.3. The van der Waals surface area contributed by atoms with Crippen LogP contribution in [0.15, 0.2) is 200 Å². The second-order valence-corrected chi connectivity index (χ2v) is 16.1. The highest BCUT2D eigenvalue weighted by atomic mass is 15.1. The lowest BCUT2D eigenvalue weighted by molar-refractivity contribution is 1.14. The van der Waals surface area contributed by atoms with Crippen molar-refractivity contribution in [2.75, 3.05) is 4.90 Å². The lowest BCUT2D eigenvalue weighted by Crippen LogP contribution is -2.59. The van der Waals surface area contributed by atoms with Gasteiger partial charge in [-0.3, -0.25) is 0 Å². The molecule has 0 aliphatic carbocycles. The predicted molar refractivity (Wildman–Crippen MR) is 249 cm³/mol. The van der Waals surface area contributed by atoms with Gasteiger partial charge in [0, 0.05) is 72.0 Å². The van der Waals surface area contributed by atoms with Crippen molar-refractivity contribution in [3.05, 3.63) is 200 Å². The van der Waals surface area contributed by atoms with Gasteiger partial charge >= 0.3 is 0 Å². The maximum Gasteiger partial charge on any atom is 0.252 e. The van der Waals surface area contributed by atoms with Crippen LogP contribution in [0.25, 0.3) is 82.5 Å². The Balaban J connectivity index is 1.19. The SMILES string of the molecule is c1ccc(N(c2ccccc2)c2cc3c4c(c2)c2ccccc2n4-c2cccc4c2B3c2cc3c5ccccc5n(-c5ccccc5)c3c3c5ccccc5n-4c23)cc1. The van der Waals surface area contributed by atoms with Gasteiger partial charge in [0.2, 0.25) is 0 Å². The van der Waals surface area contributed by atoms with Gasteiger partial charge in [0.05, 0.1) is 27.6 Å². The van der Waals surface area contributed by atoms with Gasteiger partial charge < -0.3 is 18.6 Å². The summed E-state index contributed by atoms with van der Waals surface area (Å²) in [5, 5.41) is 7.66. The van der Waals surface area contributed by atoms with Crippen molar-refractivity contribution < 1.29 is 0 Å². The van der Waals surface area contributed by atoms with Crippen LogP contribution in [-0.4, -0.2) is 20.4 Å². The van der Waals surface area contributed by atoms with E-state index in [1.807, 2.05) is 0 Å². The Hall–Kier alpha value is -7.76. The largest absolute Gasteiger partial charge is 0.311 e. The molecule has 0 saturated carbocycles. The third kappa shape index (κ3) is 3.99. The number of benzene rings is 9. The zero-order valence-electron chi connectivity index (χ0n) is 31.9. The average Bonchev–Trinajstić information content (AvgIpc) is 3.94. The van der Waals surface area contributed by atoms with Gasteiger partial charge in [-0.25, -0.2) is 0 Å². The number of rotatable bonds is 4. The van der Waals surface area contributed by atoms with Gasteiger partial charge in [-0.15, -0.1) is 0 Å². The first-order chi connectivity index (χ1) is 29.3. The molecule has 59 heavy (non-hydrogen) atoms. The number of nitrogens with zero attached hydrogens (tertiary/aromatic N) is 4. The van der Waals surface area contributed by atoms with E-state index in [9.17, 15) is 0 Å². The Kier molecular flexibility index (Phi) is 6.07. The fourth-order valence-corrected chi connectivity index (χ4v) is 11.0. The van der Waals surface area contributed by atoms with E-state index >= 15 is 0 Å². The van der Waals surface area contributed by atoms with E-state index < -0.39 is 0 Å². The number of fused-ring (bicyclic) bond motifs is 14. The summed E-state index contributed by atoms with van der Waals surface area (Å²) < 4.78 is 7.64. The molecule has 0 amide bonds. The van der Waals surface area contributed by atoms with Crippen molar-refractivity contribution in [2.45, 2.75) is 0 Å². The molecule has 0 saturated heterocycles. The topological polar surface area (TPSA) is 18.0 Å². The van der Waals surface area contributed by atoms with Crippen molar-refractivity contribution in [1.82, 2.24) is 13.7 Å². The van der Waals surface area contributed by atoms with Gasteiger partial charge in [0.15, 0.2) is 0 Å². The van der Waals surface area contributed by atoms with E-state index in [0.717, 1.165) is 17.1 Å². The first kappa shape index (κ1) is 31.3. The van der Waals surface area contributed by atoms with Crippen molar-refractivity contribution >= 4 is 106 Å². The monoisotopic (exact) mass is 748 g/mol. The van der Waals surface area contributed by atoms with Crippen molar-refractivity contribution in [2.24, 2.45) is 0 Å².